The quantitative estimate of drug-likeness (QED) is 0.855. The van der Waals surface area contributed by atoms with Gasteiger partial charge in [0, 0.05) is 0 Å². The molecule has 0 saturated carbocycles. The van der Waals surface area contributed by atoms with Crippen LogP contribution in [0.3, 0.4) is 0 Å². The largest absolute Gasteiger partial charge is 0.397 e. The Morgan fingerprint density at radius 2 is 1.95 bits per heavy atom. The Bertz CT molecular complexity index is 760. The summed E-state index contributed by atoms with van der Waals surface area (Å²) >= 11 is 3.04. The number of hydrogen-bond donors (Lipinski definition) is 1. The summed E-state index contributed by atoms with van der Waals surface area (Å²) < 4.78 is 38.2. The number of hydrogen-bond acceptors (Lipinski definition) is 3. The highest BCUT2D eigenvalue weighted by Gasteiger charge is 2.19. The Hall–Kier alpha value is -1.40. The molecular weight excluding hydrogens is 345 g/mol. The van der Waals surface area contributed by atoms with Crippen LogP contribution in [0.1, 0.15) is 11.1 Å². The predicted octanol–water partition coefficient (Wildman–Crippen LogP) is 3.45. The highest BCUT2D eigenvalue weighted by molar-refractivity contribution is 9.10. The van der Waals surface area contributed by atoms with E-state index in [4.69, 9.17) is 5.73 Å². The minimum Gasteiger partial charge on any atom is -0.397 e. The van der Waals surface area contributed by atoms with Crippen molar-refractivity contribution in [1.29, 1.82) is 0 Å². The van der Waals surface area contributed by atoms with E-state index in [2.05, 4.69) is 15.9 Å². The molecule has 2 aromatic carbocycles. The van der Waals surface area contributed by atoms with Gasteiger partial charge in [0.2, 0.25) is 0 Å². The fourth-order valence-electron chi connectivity index (χ4n) is 1.85. The Kier molecular flexibility index (Phi) is 4.15. The Morgan fingerprint density at radius 3 is 2.60 bits per heavy atom. The zero-order chi connectivity index (χ0) is 14.9. The number of benzene rings is 2. The van der Waals surface area contributed by atoms with Crippen molar-refractivity contribution >= 4 is 31.5 Å². The van der Waals surface area contributed by atoms with E-state index in [1.54, 1.807) is 19.1 Å². The Labute approximate surface area is 125 Å². The maximum Gasteiger partial charge on any atom is 0.184 e. The second kappa shape index (κ2) is 5.54. The molecule has 2 N–H and O–H groups in total. The van der Waals surface area contributed by atoms with Crippen LogP contribution in [0.2, 0.25) is 0 Å². The molecule has 0 fully saturated rings. The van der Waals surface area contributed by atoms with E-state index < -0.39 is 15.7 Å². The predicted molar refractivity (Wildman–Crippen MR) is 80.6 cm³/mol. The van der Waals surface area contributed by atoms with Crippen molar-refractivity contribution < 1.29 is 12.8 Å². The lowest BCUT2D eigenvalue weighted by Gasteiger charge is -2.10. The molecular formula is C14H13BrFNO2S. The van der Waals surface area contributed by atoms with Gasteiger partial charge in [-0.15, -0.1) is 0 Å². The van der Waals surface area contributed by atoms with Gasteiger partial charge in [0.25, 0.3) is 0 Å². The number of anilines is 1. The number of nitrogens with two attached hydrogens (primary N) is 1. The number of sulfone groups is 1. The topological polar surface area (TPSA) is 60.2 Å². The van der Waals surface area contributed by atoms with Crippen LogP contribution in [0.4, 0.5) is 10.1 Å². The number of nitrogen functional groups attached to an aromatic ring is 1. The molecule has 0 heterocycles. The van der Waals surface area contributed by atoms with E-state index in [1.165, 1.54) is 24.3 Å². The zero-order valence-electron chi connectivity index (χ0n) is 10.7. The van der Waals surface area contributed by atoms with Gasteiger partial charge in [-0.05, 0) is 52.2 Å². The normalized spacial score (nSPS) is 11.6. The first-order chi connectivity index (χ1) is 9.31. The molecule has 106 valence electrons. The number of halogens is 2. The third kappa shape index (κ3) is 3.02. The zero-order valence-corrected chi connectivity index (χ0v) is 13.1. The lowest BCUT2D eigenvalue weighted by Crippen LogP contribution is -2.09. The summed E-state index contributed by atoms with van der Waals surface area (Å²) in [5, 5.41) is 0. The summed E-state index contributed by atoms with van der Waals surface area (Å²) in [6.45, 7) is 1.75. The van der Waals surface area contributed by atoms with Crippen LogP contribution in [0.25, 0.3) is 0 Å². The molecule has 0 aliphatic carbocycles. The summed E-state index contributed by atoms with van der Waals surface area (Å²) in [6.07, 6.45) is 0. The lowest BCUT2D eigenvalue weighted by atomic mass is 10.2. The number of rotatable bonds is 3. The average Bonchev–Trinajstić information content (AvgIpc) is 2.36. The maximum absolute atomic E-state index is 13.2. The van der Waals surface area contributed by atoms with Crippen molar-refractivity contribution in [2.24, 2.45) is 0 Å². The molecule has 0 saturated heterocycles. The van der Waals surface area contributed by atoms with Crippen LogP contribution >= 0.6 is 15.9 Å². The molecule has 0 radical (unpaired) electrons. The number of para-hydroxylation sites is 1. The monoisotopic (exact) mass is 357 g/mol. The molecule has 20 heavy (non-hydrogen) atoms. The van der Waals surface area contributed by atoms with E-state index in [0.29, 0.717) is 11.1 Å². The average molecular weight is 358 g/mol. The maximum atomic E-state index is 13.2. The van der Waals surface area contributed by atoms with Crippen LogP contribution < -0.4 is 5.73 Å². The van der Waals surface area contributed by atoms with Crippen LogP contribution in [0, 0.1) is 12.7 Å². The van der Waals surface area contributed by atoms with E-state index in [1.807, 2.05) is 0 Å². The molecule has 0 aliphatic heterocycles. The van der Waals surface area contributed by atoms with Gasteiger partial charge >= 0.3 is 0 Å². The van der Waals surface area contributed by atoms with Crippen molar-refractivity contribution in [3.05, 3.63) is 57.8 Å². The highest BCUT2D eigenvalue weighted by Crippen LogP contribution is 2.26. The van der Waals surface area contributed by atoms with Crippen molar-refractivity contribution in [1.82, 2.24) is 0 Å². The van der Waals surface area contributed by atoms with E-state index in [-0.39, 0.29) is 20.8 Å². The standard InChI is InChI=1S/C14H13BrFNO2S/c1-9-3-2-4-13(14(9)17)20(18,19)8-10-5-6-12(16)11(15)7-10/h2-7H,8,17H2,1H3. The van der Waals surface area contributed by atoms with Gasteiger partial charge in [-0.25, -0.2) is 12.8 Å². The first-order valence-electron chi connectivity index (χ1n) is 5.83. The van der Waals surface area contributed by atoms with E-state index in [0.717, 1.165) is 0 Å². The van der Waals surface area contributed by atoms with Gasteiger partial charge in [0.1, 0.15) is 5.82 Å². The third-order valence-corrected chi connectivity index (χ3v) is 5.31. The minimum atomic E-state index is -3.56. The third-order valence-electron chi connectivity index (χ3n) is 2.96. The van der Waals surface area contributed by atoms with Gasteiger partial charge in [-0.3, -0.25) is 0 Å². The van der Waals surface area contributed by atoms with E-state index in [9.17, 15) is 12.8 Å². The van der Waals surface area contributed by atoms with Gasteiger partial charge in [-0.2, -0.15) is 0 Å². The van der Waals surface area contributed by atoms with Crippen molar-refractivity contribution in [2.75, 3.05) is 5.73 Å². The fraction of sp³-hybridized carbons (Fsp3) is 0.143. The highest BCUT2D eigenvalue weighted by atomic mass is 79.9. The molecule has 6 heteroatoms. The van der Waals surface area contributed by atoms with Crippen LogP contribution in [0.5, 0.6) is 0 Å². The fourth-order valence-corrected chi connectivity index (χ4v) is 3.83. The summed E-state index contributed by atoms with van der Waals surface area (Å²) in [6, 6.07) is 9.02. The molecule has 3 nitrogen and oxygen atoms in total. The van der Waals surface area contributed by atoms with Gasteiger partial charge in [0.05, 0.1) is 20.8 Å². The van der Waals surface area contributed by atoms with E-state index >= 15 is 0 Å². The van der Waals surface area contributed by atoms with Gasteiger partial charge in [0.15, 0.2) is 9.84 Å². The van der Waals surface area contributed by atoms with Gasteiger partial charge < -0.3 is 5.73 Å². The SMILES string of the molecule is Cc1cccc(S(=O)(=O)Cc2ccc(F)c(Br)c2)c1N. The van der Waals surface area contributed by atoms with Crippen LogP contribution in [-0.2, 0) is 15.6 Å². The first kappa shape index (κ1) is 15.0. The summed E-state index contributed by atoms with van der Waals surface area (Å²) in [5.41, 5.74) is 7.30. The van der Waals surface area contributed by atoms with Crippen LogP contribution in [0.15, 0.2) is 45.8 Å². The molecule has 0 spiro atoms. The van der Waals surface area contributed by atoms with Crippen molar-refractivity contribution in [3.63, 3.8) is 0 Å². The van der Waals surface area contributed by atoms with Gasteiger partial charge in [-0.1, -0.05) is 18.2 Å². The molecule has 2 aromatic rings. The molecule has 0 atom stereocenters. The summed E-state index contributed by atoms with van der Waals surface area (Å²) in [5.74, 6) is -0.652. The number of aryl methyl sites for hydroxylation is 1. The Balaban J connectivity index is 2.41. The summed E-state index contributed by atoms with van der Waals surface area (Å²) in [4.78, 5) is 0.109. The second-order valence-electron chi connectivity index (χ2n) is 4.49. The molecule has 0 unspecified atom stereocenters. The molecule has 0 aromatic heterocycles. The first-order valence-corrected chi connectivity index (χ1v) is 8.27. The lowest BCUT2D eigenvalue weighted by molar-refractivity contribution is 0.595. The second-order valence-corrected chi connectivity index (χ2v) is 7.31. The molecule has 0 bridgehead atoms. The van der Waals surface area contributed by atoms with Crippen molar-refractivity contribution in [2.45, 2.75) is 17.6 Å². The molecule has 2 rings (SSSR count). The molecule has 0 amide bonds. The minimum absolute atomic E-state index is 0.109. The Morgan fingerprint density at radius 1 is 1.25 bits per heavy atom. The smallest absolute Gasteiger partial charge is 0.184 e. The van der Waals surface area contributed by atoms with Crippen molar-refractivity contribution in [3.8, 4) is 0 Å². The molecule has 0 aliphatic rings. The summed E-state index contributed by atoms with van der Waals surface area (Å²) in [7, 11) is -3.56. The van der Waals surface area contributed by atoms with Crippen LogP contribution in [-0.4, -0.2) is 8.42 Å².